The molecule has 2 aliphatic heterocycles. The van der Waals surface area contributed by atoms with E-state index >= 15 is 0 Å². The molecule has 2 rings (SSSR count). The Hall–Kier alpha value is -0.410. The highest BCUT2D eigenvalue weighted by atomic mass is 16.5. The lowest BCUT2D eigenvalue weighted by molar-refractivity contribution is -0.126. The van der Waals surface area contributed by atoms with Crippen LogP contribution in [-0.2, 0) is 9.53 Å². The van der Waals surface area contributed by atoms with Gasteiger partial charge < -0.3 is 4.74 Å². The minimum atomic E-state index is 0.0232. The summed E-state index contributed by atoms with van der Waals surface area (Å²) in [5, 5.41) is 0. The van der Waals surface area contributed by atoms with Crippen LogP contribution in [0.4, 0.5) is 0 Å². The lowest BCUT2D eigenvalue weighted by Gasteiger charge is -2.34. The van der Waals surface area contributed by atoms with Crippen molar-refractivity contribution in [3.05, 3.63) is 0 Å². The molecule has 3 heteroatoms. The van der Waals surface area contributed by atoms with Crippen molar-refractivity contribution in [2.24, 2.45) is 5.92 Å². The van der Waals surface area contributed by atoms with Gasteiger partial charge in [-0.15, -0.1) is 0 Å². The third kappa shape index (κ3) is 2.40. The van der Waals surface area contributed by atoms with Crippen LogP contribution >= 0.6 is 0 Å². The molecule has 2 atom stereocenters. The lowest BCUT2D eigenvalue weighted by atomic mass is 9.95. The van der Waals surface area contributed by atoms with Crippen molar-refractivity contribution in [1.82, 2.24) is 4.90 Å². The summed E-state index contributed by atoms with van der Waals surface area (Å²) in [5.41, 5.74) is 0.0232. The average molecular weight is 211 g/mol. The van der Waals surface area contributed by atoms with E-state index in [1.165, 1.54) is 0 Å². The van der Waals surface area contributed by atoms with Crippen molar-refractivity contribution in [2.45, 2.75) is 45.3 Å². The van der Waals surface area contributed by atoms with Crippen molar-refractivity contribution in [3.63, 3.8) is 0 Å². The van der Waals surface area contributed by atoms with Gasteiger partial charge in [0.2, 0.25) is 0 Å². The van der Waals surface area contributed by atoms with Gasteiger partial charge >= 0.3 is 0 Å². The Morgan fingerprint density at radius 3 is 2.73 bits per heavy atom. The van der Waals surface area contributed by atoms with Gasteiger partial charge in [0.05, 0.1) is 12.2 Å². The summed E-state index contributed by atoms with van der Waals surface area (Å²) >= 11 is 0. The molecule has 0 aliphatic carbocycles. The smallest absolute Gasteiger partial charge is 0.138 e. The van der Waals surface area contributed by atoms with Gasteiger partial charge in [-0.3, -0.25) is 9.69 Å². The zero-order valence-electron chi connectivity index (χ0n) is 9.95. The molecule has 2 aliphatic rings. The molecule has 0 radical (unpaired) electrons. The predicted octanol–water partition coefficient (Wildman–Crippen LogP) is 1.46. The first-order chi connectivity index (χ1) is 6.98. The maximum absolute atomic E-state index is 11.4. The number of piperidine rings is 1. The molecule has 86 valence electrons. The summed E-state index contributed by atoms with van der Waals surface area (Å²) in [4.78, 5) is 13.9. The van der Waals surface area contributed by atoms with Crippen LogP contribution in [-0.4, -0.2) is 42.0 Å². The highest BCUT2D eigenvalue weighted by Gasteiger charge is 2.37. The van der Waals surface area contributed by atoms with Gasteiger partial charge in [-0.2, -0.15) is 0 Å². The van der Waals surface area contributed by atoms with Crippen molar-refractivity contribution in [1.29, 1.82) is 0 Å². The van der Waals surface area contributed by atoms with E-state index in [-0.39, 0.29) is 11.5 Å². The van der Waals surface area contributed by atoms with E-state index in [0.29, 0.717) is 11.8 Å². The molecule has 0 aromatic carbocycles. The van der Waals surface area contributed by atoms with E-state index in [0.717, 1.165) is 32.5 Å². The summed E-state index contributed by atoms with van der Waals surface area (Å²) in [5.74, 6) is 0.631. The van der Waals surface area contributed by atoms with Crippen LogP contribution in [0.25, 0.3) is 0 Å². The van der Waals surface area contributed by atoms with Gasteiger partial charge in [-0.25, -0.2) is 0 Å². The summed E-state index contributed by atoms with van der Waals surface area (Å²) in [7, 11) is 0. The van der Waals surface area contributed by atoms with Gasteiger partial charge in [-0.1, -0.05) is 6.92 Å². The van der Waals surface area contributed by atoms with Crippen LogP contribution in [0, 0.1) is 5.92 Å². The number of ether oxygens (including phenoxy) is 1. The van der Waals surface area contributed by atoms with E-state index < -0.39 is 0 Å². The maximum atomic E-state index is 11.4. The Labute approximate surface area is 91.8 Å². The van der Waals surface area contributed by atoms with E-state index in [4.69, 9.17) is 4.74 Å². The Morgan fingerprint density at radius 2 is 2.20 bits per heavy atom. The zero-order valence-corrected chi connectivity index (χ0v) is 9.95. The quantitative estimate of drug-likeness (QED) is 0.657. The molecule has 15 heavy (non-hydrogen) atoms. The van der Waals surface area contributed by atoms with Crippen LogP contribution in [0.2, 0.25) is 0 Å². The second-order valence-electron chi connectivity index (χ2n) is 5.54. The van der Waals surface area contributed by atoms with Crippen LogP contribution < -0.4 is 0 Å². The number of hydrogen-bond acceptors (Lipinski definition) is 3. The largest absolute Gasteiger partial charge is 0.374 e. The second-order valence-corrected chi connectivity index (χ2v) is 5.54. The highest BCUT2D eigenvalue weighted by Crippen LogP contribution is 2.29. The number of ketones is 1. The van der Waals surface area contributed by atoms with Gasteiger partial charge in [0.25, 0.3) is 0 Å². The third-order valence-electron chi connectivity index (χ3n) is 3.61. The van der Waals surface area contributed by atoms with Crippen molar-refractivity contribution in [3.8, 4) is 0 Å². The Kier molecular flexibility index (Phi) is 2.86. The van der Waals surface area contributed by atoms with Crippen LogP contribution in [0.5, 0.6) is 0 Å². The normalized spacial score (nSPS) is 37.1. The maximum Gasteiger partial charge on any atom is 0.138 e. The third-order valence-corrected chi connectivity index (χ3v) is 3.61. The Morgan fingerprint density at radius 1 is 1.47 bits per heavy atom. The topological polar surface area (TPSA) is 29.5 Å². The van der Waals surface area contributed by atoms with Crippen LogP contribution in [0.15, 0.2) is 0 Å². The molecule has 0 aromatic heterocycles. The fourth-order valence-electron chi connectivity index (χ4n) is 2.62. The molecule has 0 bridgehead atoms. The number of carbonyl (C=O) groups is 1. The fourth-order valence-corrected chi connectivity index (χ4v) is 2.62. The van der Waals surface area contributed by atoms with Gasteiger partial charge in [0, 0.05) is 31.5 Å². The van der Waals surface area contributed by atoms with Gasteiger partial charge in [0.15, 0.2) is 0 Å². The summed E-state index contributed by atoms with van der Waals surface area (Å²) < 4.78 is 5.74. The van der Waals surface area contributed by atoms with Gasteiger partial charge in [0.1, 0.15) is 5.78 Å². The molecule has 2 saturated heterocycles. The number of likely N-dealkylation sites (tertiary alicyclic amines) is 1. The Balaban J connectivity index is 1.93. The Bertz CT molecular complexity index is 262. The first-order valence-corrected chi connectivity index (χ1v) is 5.89. The highest BCUT2D eigenvalue weighted by molar-refractivity contribution is 5.81. The first kappa shape index (κ1) is 11.1. The molecule has 0 amide bonds. The fraction of sp³-hybridized carbons (Fsp3) is 0.917. The first-order valence-electron chi connectivity index (χ1n) is 5.89. The molecule has 2 heterocycles. The summed E-state index contributed by atoms with van der Waals surface area (Å²) in [6.07, 6.45) is 1.81. The summed E-state index contributed by atoms with van der Waals surface area (Å²) in [6.45, 7) is 9.00. The molecule has 0 N–H and O–H groups in total. The van der Waals surface area contributed by atoms with Crippen molar-refractivity contribution in [2.75, 3.05) is 19.7 Å². The molecular formula is C12H21NO2. The SMILES string of the molecule is CC1CN(C2COC(C)(C)C2)CCC1=O. The number of carbonyl (C=O) groups excluding carboxylic acids is 1. The molecular weight excluding hydrogens is 190 g/mol. The minimum absolute atomic E-state index is 0.0232. The molecule has 3 nitrogen and oxygen atoms in total. The second kappa shape index (κ2) is 3.87. The standard InChI is InChI=1S/C12H21NO2/c1-9-7-13(5-4-11(9)14)10-6-12(2,3)15-8-10/h9-10H,4-8H2,1-3H3. The van der Waals surface area contributed by atoms with Gasteiger partial charge in [-0.05, 0) is 20.3 Å². The molecule has 0 spiro atoms. The zero-order chi connectivity index (χ0) is 11.1. The number of rotatable bonds is 1. The van der Waals surface area contributed by atoms with Crippen LogP contribution in [0.3, 0.4) is 0 Å². The molecule has 2 fully saturated rings. The molecule has 0 saturated carbocycles. The monoisotopic (exact) mass is 211 g/mol. The van der Waals surface area contributed by atoms with E-state index in [1.54, 1.807) is 0 Å². The van der Waals surface area contributed by atoms with Crippen molar-refractivity contribution >= 4 is 5.78 Å². The molecule has 2 unspecified atom stereocenters. The number of Topliss-reactive ketones (excluding diaryl/α,β-unsaturated/α-hetero) is 1. The van der Waals surface area contributed by atoms with Crippen molar-refractivity contribution < 1.29 is 9.53 Å². The molecule has 0 aromatic rings. The van der Waals surface area contributed by atoms with E-state index in [1.807, 2.05) is 6.92 Å². The average Bonchev–Trinajstić information content (AvgIpc) is 2.51. The minimum Gasteiger partial charge on any atom is -0.374 e. The van der Waals surface area contributed by atoms with E-state index in [2.05, 4.69) is 18.7 Å². The van der Waals surface area contributed by atoms with E-state index in [9.17, 15) is 4.79 Å². The summed E-state index contributed by atoms with van der Waals surface area (Å²) in [6, 6.07) is 0.524. The lowest BCUT2D eigenvalue weighted by Crippen LogP contribution is -2.46. The predicted molar refractivity (Wildman–Crippen MR) is 58.8 cm³/mol. The number of hydrogen-bond donors (Lipinski definition) is 0. The number of nitrogens with zero attached hydrogens (tertiary/aromatic N) is 1. The van der Waals surface area contributed by atoms with Crippen LogP contribution in [0.1, 0.15) is 33.6 Å².